The Labute approximate surface area is 53.6 Å². The Hall–Kier alpha value is -0.570. The molecule has 1 aliphatic rings. The number of carboxylic acid groups (broad SMARTS) is 1. The molecule has 52 valence electrons. The highest BCUT2D eigenvalue weighted by atomic mass is 16.5. The van der Waals surface area contributed by atoms with Gasteiger partial charge < -0.3 is 9.84 Å². The quantitative estimate of drug-likeness (QED) is 0.586. The van der Waals surface area contributed by atoms with Crippen molar-refractivity contribution in [3.63, 3.8) is 0 Å². The Bertz CT molecular complexity index is 117. The van der Waals surface area contributed by atoms with Gasteiger partial charge in [-0.2, -0.15) is 0 Å². The van der Waals surface area contributed by atoms with Crippen LogP contribution in [-0.2, 0) is 9.53 Å². The minimum Gasteiger partial charge on any atom is -0.481 e. The Morgan fingerprint density at radius 2 is 2.33 bits per heavy atom. The van der Waals surface area contributed by atoms with Gasteiger partial charge in [0.15, 0.2) is 0 Å². The van der Waals surface area contributed by atoms with Gasteiger partial charge in [-0.15, -0.1) is 0 Å². The molecule has 0 amide bonds. The highest BCUT2D eigenvalue weighted by molar-refractivity contribution is 5.70. The van der Waals surface area contributed by atoms with Crippen molar-refractivity contribution in [3.8, 4) is 0 Å². The average molecular weight is 130 g/mol. The van der Waals surface area contributed by atoms with Gasteiger partial charge in [0, 0.05) is 5.92 Å². The van der Waals surface area contributed by atoms with Gasteiger partial charge in [0.1, 0.15) is 0 Å². The largest absolute Gasteiger partial charge is 0.481 e. The highest BCUT2D eigenvalue weighted by Gasteiger charge is 2.29. The van der Waals surface area contributed by atoms with Gasteiger partial charge in [-0.25, -0.2) is 0 Å². The van der Waals surface area contributed by atoms with Crippen LogP contribution in [0, 0.1) is 11.8 Å². The summed E-state index contributed by atoms with van der Waals surface area (Å²) in [5.74, 6) is -0.704. The lowest BCUT2D eigenvalue weighted by Crippen LogP contribution is -2.36. The van der Waals surface area contributed by atoms with Crippen LogP contribution in [0.2, 0.25) is 0 Å². The zero-order valence-corrected chi connectivity index (χ0v) is 5.33. The summed E-state index contributed by atoms with van der Waals surface area (Å²) in [5, 5.41) is 8.46. The Kier molecular flexibility index (Phi) is 1.71. The van der Waals surface area contributed by atoms with Crippen LogP contribution in [0.3, 0.4) is 0 Å². The summed E-state index contributed by atoms with van der Waals surface area (Å²) in [7, 11) is 0. The predicted molar refractivity (Wildman–Crippen MR) is 31.1 cm³/mol. The van der Waals surface area contributed by atoms with E-state index in [1.54, 1.807) is 6.92 Å². The molecule has 1 N–H and O–H groups in total. The molecule has 0 aromatic carbocycles. The van der Waals surface area contributed by atoms with E-state index in [9.17, 15) is 4.79 Å². The molecule has 1 saturated heterocycles. The monoisotopic (exact) mass is 130 g/mol. The second-order valence-corrected chi connectivity index (χ2v) is 2.42. The van der Waals surface area contributed by atoms with Gasteiger partial charge in [-0.3, -0.25) is 4.79 Å². The van der Waals surface area contributed by atoms with Crippen LogP contribution in [0.1, 0.15) is 6.92 Å². The molecule has 3 heteroatoms. The van der Waals surface area contributed by atoms with Crippen molar-refractivity contribution in [2.75, 3.05) is 13.2 Å². The first kappa shape index (κ1) is 6.55. The fourth-order valence-electron chi connectivity index (χ4n) is 0.744. The third-order valence-electron chi connectivity index (χ3n) is 1.76. The molecule has 1 atom stereocenters. The van der Waals surface area contributed by atoms with Crippen LogP contribution < -0.4 is 0 Å². The van der Waals surface area contributed by atoms with Crippen LogP contribution in [0.15, 0.2) is 0 Å². The second kappa shape index (κ2) is 2.35. The van der Waals surface area contributed by atoms with Crippen molar-refractivity contribution in [1.29, 1.82) is 0 Å². The lowest BCUT2D eigenvalue weighted by molar-refractivity contribution is -0.150. The maximum absolute atomic E-state index is 10.3. The molecule has 1 unspecified atom stereocenters. The molecular weight excluding hydrogens is 120 g/mol. The van der Waals surface area contributed by atoms with E-state index in [0.29, 0.717) is 13.2 Å². The summed E-state index contributed by atoms with van der Waals surface area (Å²) in [5.41, 5.74) is 0. The van der Waals surface area contributed by atoms with Gasteiger partial charge in [0.05, 0.1) is 19.1 Å². The standard InChI is InChI=1S/C6H10O3/c1-4(6(7)8)5-2-9-3-5/h4-5H,2-3H2,1H3,(H,7,8). The molecule has 0 spiro atoms. The maximum Gasteiger partial charge on any atom is 0.306 e. The number of carboxylic acids is 1. The van der Waals surface area contributed by atoms with E-state index >= 15 is 0 Å². The summed E-state index contributed by atoms with van der Waals surface area (Å²) in [6, 6.07) is 0. The molecule has 1 heterocycles. The van der Waals surface area contributed by atoms with E-state index < -0.39 is 5.97 Å². The lowest BCUT2D eigenvalue weighted by atomic mass is 9.93. The Morgan fingerprint density at radius 1 is 1.78 bits per heavy atom. The Balaban J connectivity index is 2.32. The number of hydrogen-bond acceptors (Lipinski definition) is 2. The molecule has 9 heavy (non-hydrogen) atoms. The molecular formula is C6H10O3. The van der Waals surface area contributed by atoms with Crippen molar-refractivity contribution >= 4 is 5.97 Å². The van der Waals surface area contributed by atoms with Crippen molar-refractivity contribution in [2.24, 2.45) is 11.8 Å². The zero-order valence-electron chi connectivity index (χ0n) is 5.33. The van der Waals surface area contributed by atoms with Crippen LogP contribution in [0.4, 0.5) is 0 Å². The smallest absolute Gasteiger partial charge is 0.306 e. The fraction of sp³-hybridized carbons (Fsp3) is 0.833. The molecule has 0 saturated carbocycles. The third kappa shape index (κ3) is 1.21. The van der Waals surface area contributed by atoms with Crippen LogP contribution in [0.25, 0.3) is 0 Å². The molecule has 0 bridgehead atoms. The Morgan fingerprint density at radius 3 is 2.44 bits per heavy atom. The first-order chi connectivity index (χ1) is 4.22. The number of aliphatic carboxylic acids is 1. The average Bonchev–Trinajstić information content (AvgIpc) is 1.60. The molecule has 1 aliphatic heterocycles. The van der Waals surface area contributed by atoms with Crippen molar-refractivity contribution in [1.82, 2.24) is 0 Å². The van der Waals surface area contributed by atoms with Gasteiger partial charge in [-0.05, 0) is 0 Å². The van der Waals surface area contributed by atoms with Crippen LogP contribution in [0.5, 0.6) is 0 Å². The minimum absolute atomic E-state index is 0.237. The topological polar surface area (TPSA) is 46.5 Å². The van der Waals surface area contributed by atoms with E-state index in [-0.39, 0.29) is 11.8 Å². The number of hydrogen-bond donors (Lipinski definition) is 1. The lowest BCUT2D eigenvalue weighted by Gasteiger charge is -2.28. The highest BCUT2D eigenvalue weighted by Crippen LogP contribution is 2.19. The molecule has 0 radical (unpaired) electrons. The molecule has 0 aromatic heterocycles. The van der Waals surface area contributed by atoms with Gasteiger partial charge in [0.25, 0.3) is 0 Å². The normalized spacial score (nSPS) is 22.8. The summed E-state index contributed by atoms with van der Waals surface area (Å²) < 4.78 is 4.84. The van der Waals surface area contributed by atoms with Crippen LogP contribution in [-0.4, -0.2) is 24.3 Å². The minimum atomic E-state index is -0.719. The van der Waals surface area contributed by atoms with Gasteiger partial charge in [0.2, 0.25) is 0 Å². The van der Waals surface area contributed by atoms with Gasteiger partial charge >= 0.3 is 5.97 Å². The van der Waals surface area contributed by atoms with E-state index in [4.69, 9.17) is 9.84 Å². The van der Waals surface area contributed by atoms with Gasteiger partial charge in [-0.1, -0.05) is 6.92 Å². The van der Waals surface area contributed by atoms with E-state index in [1.165, 1.54) is 0 Å². The number of rotatable bonds is 2. The molecule has 3 nitrogen and oxygen atoms in total. The van der Waals surface area contributed by atoms with Crippen LogP contribution >= 0.6 is 0 Å². The van der Waals surface area contributed by atoms with Crippen molar-refractivity contribution in [2.45, 2.75) is 6.92 Å². The first-order valence-corrected chi connectivity index (χ1v) is 3.02. The molecule has 1 fully saturated rings. The van der Waals surface area contributed by atoms with Crippen molar-refractivity contribution in [3.05, 3.63) is 0 Å². The summed E-state index contributed by atoms with van der Waals surface area (Å²) in [6.45, 7) is 2.95. The zero-order chi connectivity index (χ0) is 6.85. The summed E-state index contributed by atoms with van der Waals surface area (Å²) in [4.78, 5) is 10.3. The SMILES string of the molecule is CC(C(=O)O)C1COC1. The summed E-state index contributed by atoms with van der Waals surface area (Å²) >= 11 is 0. The second-order valence-electron chi connectivity index (χ2n) is 2.42. The molecule has 1 rings (SSSR count). The van der Waals surface area contributed by atoms with Crippen molar-refractivity contribution < 1.29 is 14.6 Å². The molecule has 0 aromatic rings. The van der Waals surface area contributed by atoms with E-state index in [2.05, 4.69) is 0 Å². The summed E-state index contributed by atoms with van der Waals surface area (Å²) in [6.07, 6.45) is 0. The fourth-order valence-corrected chi connectivity index (χ4v) is 0.744. The van der Waals surface area contributed by atoms with E-state index in [1.807, 2.05) is 0 Å². The predicted octanol–water partition coefficient (Wildman–Crippen LogP) is 0.353. The maximum atomic E-state index is 10.3. The number of ether oxygens (including phenoxy) is 1. The third-order valence-corrected chi connectivity index (χ3v) is 1.76. The molecule has 0 aliphatic carbocycles. The number of carbonyl (C=O) groups is 1. The van der Waals surface area contributed by atoms with E-state index in [0.717, 1.165) is 0 Å². The first-order valence-electron chi connectivity index (χ1n) is 3.02.